The molecule has 1 saturated heterocycles. The van der Waals surface area contributed by atoms with E-state index in [1.807, 2.05) is 12.1 Å². The molecule has 15 heavy (non-hydrogen) atoms. The summed E-state index contributed by atoms with van der Waals surface area (Å²) in [5.41, 5.74) is 1.04. The number of aliphatic hydroxyl groups is 1. The molecule has 1 aliphatic heterocycles. The Kier molecular flexibility index (Phi) is 2.82. The van der Waals surface area contributed by atoms with Gasteiger partial charge in [-0.15, -0.1) is 0 Å². The van der Waals surface area contributed by atoms with Crippen LogP contribution >= 0.6 is 0 Å². The van der Waals surface area contributed by atoms with E-state index in [-0.39, 0.29) is 18.7 Å². The molecule has 0 aromatic carbocycles. The number of pyridine rings is 1. The molecule has 2 heterocycles. The minimum atomic E-state index is -0.120. The molecule has 5 heteroatoms. The van der Waals surface area contributed by atoms with Crippen LogP contribution in [0.3, 0.4) is 0 Å². The van der Waals surface area contributed by atoms with Crippen LogP contribution in [-0.2, 0) is 0 Å². The van der Waals surface area contributed by atoms with Crippen molar-refractivity contribution in [3.8, 4) is 0 Å². The van der Waals surface area contributed by atoms with Crippen molar-refractivity contribution in [1.82, 2.24) is 15.2 Å². The van der Waals surface area contributed by atoms with Gasteiger partial charge in [-0.1, -0.05) is 0 Å². The Bertz CT molecular complexity index is 342. The minimum Gasteiger partial charge on any atom is -0.395 e. The largest absolute Gasteiger partial charge is 0.395 e. The Balaban J connectivity index is 2.06. The molecule has 0 radical (unpaired) electrons. The van der Waals surface area contributed by atoms with Gasteiger partial charge in [0.25, 0.3) is 0 Å². The zero-order valence-corrected chi connectivity index (χ0v) is 8.26. The number of aromatic nitrogens is 1. The molecule has 1 aromatic heterocycles. The van der Waals surface area contributed by atoms with Crippen molar-refractivity contribution in [2.45, 2.75) is 6.04 Å². The minimum absolute atomic E-state index is 0.00349. The van der Waals surface area contributed by atoms with Gasteiger partial charge in [-0.25, -0.2) is 4.79 Å². The molecule has 0 aliphatic carbocycles. The van der Waals surface area contributed by atoms with Gasteiger partial charge in [0.15, 0.2) is 0 Å². The maximum atomic E-state index is 11.4. The van der Waals surface area contributed by atoms with Crippen LogP contribution in [0.4, 0.5) is 4.79 Å². The summed E-state index contributed by atoms with van der Waals surface area (Å²) >= 11 is 0. The van der Waals surface area contributed by atoms with Crippen LogP contribution in [0.1, 0.15) is 11.6 Å². The Morgan fingerprint density at radius 2 is 2.27 bits per heavy atom. The summed E-state index contributed by atoms with van der Waals surface area (Å²) in [5, 5.41) is 11.6. The Morgan fingerprint density at radius 1 is 1.53 bits per heavy atom. The zero-order valence-electron chi connectivity index (χ0n) is 8.26. The molecule has 1 fully saturated rings. The number of hydrogen-bond donors (Lipinski definition) is 2. The molecular formula is C10H13N3O2. The summed E-state index contributed by atoms with van der Waals surface area (Å²) in [7, 11) is 0. The summed E-state index contributed by atoms with van der Waals surface area (Å²) in [6.45, 7) is 0.979. The standard InChI is InChI=1S/C10H13N3O2/c14-6-5-13-7-9(12-10(13)15)8-1-3-11-4-2-8/h1-4,9,14H,5-7H2,(H,12,15). The van der Waals surface area contributed by atoms with Crippen LogP contribution in [0.5, 0.6) is 0 Å². The molecule has 0 spiro atoms. The molecule has 5 nitrogen and oxygen atoms in total. The predicted molar refractivity (Wildman–Crippen MR) is 54.2 cm³/mol. The van der Waals surface area contributed by atoms with Crippen LogP contribution < -0.4 is 5.32 Å². The van der Waals surface area contributed by atoms with Crippen molar-refractivity contribution < 1.29 is 9.90 Å². The third-order valence-corrected chi connectivity index (χ3v) is 2.47. The van der Waals surface area contributed by atoms with E-state index in [1.54, 1.807) is 17.3 Å². The van der Waals surface area contributed by atoms with Crippen molar-refractivity contribution >= 4 is 6.03 Å². The summed E-state index contributed by atoms with van der Waals surface area (Å²) in [5.74, 6) is 0. The van der Waals surface area contributed by atoms with Gasteiger partial charge >= 0.3 is 6.03 Å². The van der Waals surface area contributed by atoms with Crippen molar-refractivity contribution in [2.24, 2.45) is 0 Å². The van der Waals surface area contributed by atoms with Crippen LogP contribution in [0.15, 0.2) is 24.5 Å². The summed E-state index contributed by atoms with van der Waals surface area (Å²) < 4.78 is 0. The second-order valence-electron chi connectivity index (χ2n) is 3.45. The number of carbonyl (C=O) groups excluding carboxylic acids is 1. The van der Waals surface area contributed by atoms with E-state index in [2.05, 4.69) is 10.3 Å². The highest BCUT2D eigenvalue weighted by Gasteiger charge is 2.28. The van der Waals surface area contributed by atoms with Gasteiger partial charge in [-0.05, 0) is 17.7 Å². The zero-order chi connectivity index (χ0) is 10.7. The third kappa shape index (κ3) is 2.07. The highest BCUT2D eigenvalue weighted by Crippen LogP contribution is 2.18. The molecule has 80 valence electrons. The van der Waals surface area contributed by atoms with E-state index in [0.29, 0.717) is 13.1 Å². The Morgan fingerprint density at radius 3 is 2.93 bits per heavy atom. The topological polar surface area (TPSA) is 65.5 Å². The van der Waals surface area contributed by atoms with E-state index in [9.17, 15) is 4.79 Å². The lowest BCUT2D eigenvalue weighted by Gasteiger charge is -2.12. The van der Waals surface area contributed by atoms with Crippen LogP contribution in [0.2, 0.25) is 0 Å². The Labute approximate surface area is 87.7 Å². The van der Waals surface area contributed by atoms with E-state index in [1.165, 1.54) is 0 Å². The number of rotatable bonds is 3. The number of carbonyl (C=O) groups is 1. The highest BCUT2D eigenvalue weighted by atomic mass is 16.3. The second-order valence-corrected chi connectivity index (χ2v) is 3.45. The molecular weight excluding hydrogens is 194 g/mol. The first-order valence-corrected chi connectivity index (χ1v) is 4.87. The number of amides is 2. The fourth-order valence-corrected chi connectivity index (χ4v) is 1.69. The Hall–Kier alpha value is -1.62. The number of aliphatic hydroxyl groups excluding tert-OH is 1. The normalized spacial score (nSPS) is 20.5. The van der Waals surface area contributed by atoms with Gasteiger partial charge < -0.3 is 15.3 Å². The first-order valence-electron chi connectivity index (χ1n) is 4.87. The van der Waals surface area contributed by atoms with Gasteiger partial charge in [0.05, 0.1) is 12.6 Å². The lowest BCUT2D eigenvalue weighted by Crippen LogP contribution is -2.30. The predicted octanol–water partition coefficient (Wildman–Crippen LogP) is 0.140. The van der Waals surface area contributed by atoms with E-state index in [4.69, 9.17) is 5.11 Å². The first kappa shape index (κ1) is 9.92. The molecule has 1 aliphatic rings. The molecule has 2 amide bonds. The van der Waals surface area contributed by atoms with Gasteiger partial charge in [-0.3, -0.25) is 4.98 Å². The van der Waals surface area contributed by atoms with Crippen LogP contribution in [-0.4, -0.2) is 40.7 Å². The van der Waals surface area contributed by atoms with Crippen molar-refractivity contribution in [3.05, 3.63) is 30.1 Å². The smallest absolute Gasteiger partial charge is 0.318 e. The fourth-order valence-electron chi connectivity index (χ4n) is 1.69. The molecule has 2 N–H and O–H groups in total. The van der Waals surface area contributed by atoms with Crippen molar-refractivity contribution in [1.29, 1.82) is 0 Å². The number of β-amino-alcohol motifs (C(OH)–C–C–N with tert-alkyl or cyclic N) is 1. The number of hydrogen-bond acceptors (Lipinski definition) is 3. The molecule has 1 aromatic rings. The van der Waals surface area contributed by atoms with Crippen LogP contribution in [0.25, 0.3) is 0 Å². The van der Waals surface area contributed by atoms with Crippen molar-refractivity contribution in [3.63, 3.8) is 0 Å². The van der Waals surface area contributed by atoms with Gasteiger partial charge in [0.1, 0.15) is 0 Å². The average molecular weight is 207 g/mol. The third-order valence-electron chi connectivity index (χ3n) is 2.47. The lowest BCUT2D eigenvalue weighted by molar-refractivity contribution is 0.196. The van der Waals surface area contributed by atoms with Gasteiger partial charge in [0.2, 0.25) is 0 Å². The first-order chi connectivity index (χ1) is 7.31. The van der Waals surface area contributed by atoms with Gasteiger partial charge in [0, 0.05) is 25.5 Å². The fraction of sp³-hybridized carbons (Fsp3) is 0.400. The number of urea groups is 1. The SMILES string of the molecule is O=C1NC(c2ccncc2)CN1CCO. The summed E-state index contributed by atoms with van der Waals surface area (Å²) in [6.07, 6.45) is 3.41. The molecule has 0 saturated carbocycles. The van der Waals surface area contributed by atoms with Gasteiger partial charge in [-0.2, -0.15) is 0 Å². The quantitative estimate of drug-likeness (QED) is 0.741. The molecule has 1 unspecified atom stereocenters. The lowest BCUT2D eigenvalue weighted by atomic mass is 10.1. The average Bonchev–Trinajstić information content (AvgIpc) is 2.63. The van der Waals surface area contributed by atoms with E-state index < -0.39 is 0 Å². The van der Waals surface area contributed by atoms with Crippen molar-refractivity contribution in [2.75, 3.05) is 19.7 Å². The number of nitrogens with zero attached hydrogens (tertiary/aromatic N) is 2. The highest BCUT2D eigenvalue weighted by molar-refractivity contribution is 5.77. The van der Waals surface area contributed by atoms with Crippen LogP contribution in [0, 0.1) is 0 Å². The summed E-state index contributed by atoms with van der Waals surface area (Å²) in [6, 6.07) is 3.65. The summed E-state index contributed by atoms with van der Waals surface area (Å²) in [4.78, 5) is 17.0. The molecule has 0 bridgehead atoms. The second kappa shape index (κ2) is 4.27. The van der Waals surface area contributed by atoms with E-state index >= 15 is 0 Å². The molecule has 2 rings (SSSR count). The maximum Gasteiger partial charge on any atom is 0.318 e. The monoisotopic (exact) mass is 207 g/mol. The van der Waals surface area contributed by atoms with E-state index in [0.717, 1.165) is 5.56 Å². The number of nitrogens with one attached hydrogen (secondary N) is 1. The maximum absolute atomic E-state index is 11.4. The molecule has 1 atom stereocenters.